The van der Waals surface area contributed by atoms with Crippen LogP contribution in [0.2, 0.25) is 5.02 Å². The summed E-state index contributed by atoms with van der Waals surface area (Å²) in [4.78, 5) is 17.5. The summed E-state index contributed by atoms with van der Waals surface area (Å²) < 4.78 is 10.9. The van der Waals surface area contributed by atoms with Gasteiger partial charge in [-0.3, -0.25) is 9.69 Å². The molecule has 1 heterocycles. The molecule has 6 nitrogen and oxygen atoms in total. The minimum Gasteiger partial charge on any atom is -0.507 e. The van der Waals surface area contributed by atoms with E-state index in [0.717, 1.165) is 31.7 Å². The molecule has 3 rings (SSSR count). The lowest BCUT2D eigenvalue weighted by Gasteiger charge is -2.33. The van der Waals surface area contributed by atoms with Crippen LogP contribution in [0.25, 0.3) is 6.08 Å². The second-order valence-electron chi connectivity index (χ2n) is 7.32. The second kappa shape index (κ2) is 9.98. The van der Waals surface area contributed by atoms with Gasteiger partial charge in [-0.1, -0.05) is 29.8 Å². The summed E-state index contributed by atoms with van der Waals surface area (Å²) in [5.41, 5.74) is 1.50. The van der Waals surface area contributed by atoms with Crippen molar-refractivity contribution < 1.29 is 19.4 Å². The summed E-state index contributed by atoms with van der Waals surface area (Å²) >= 11 is 6.01. The number of carbonyl (C=O) groups is 1. The number of carbonyl (C=O) groups excluding carboxylic acids is 1. The van der Waals surface area contributed by atoms with Crippen LogP contribution in [0, 0.1) is 0 Å². The number of allylic oxidation sites excluding steroid dienone is 1. The highest BCUT2D eigenvalue weighted by Crippen LogP contribution is 2.40. The molecule has 1 fully saturated rings. The van der Waals surface area contributed by atoms with E-state index in [-0.39, 0.29) is 22.8 Å². The van der Waals surface area contributed by atoms with Gasteiger partial charge in [-0.05, 0) is 30.8 Å². The molecule has 0 amide bonds. The molecular formula is C23H27ClN2O4. The molecule has 1 saturated heterocycles. The molecule has 160 valence electrons. The minimum absolute atomic E-state index is 0.106. The van der Waals surface area contributed by atoms with E-state index in [4.69, 9.17) is 21.1 Å². The molecule has 1 N–H and O–H groups in total. The van der Waals surface area contributed by atoms with Crippen LogP contribution < -0.4 is 9.47 Å². The van der Waals surface area contributed by atoms with Gasteiger partial charge >= 0.3 is 0 Å². The molecular weight excluding hydrogens is 404 g/mol. The first-order valence-corrected chi connectivity index (χ1v) is 10.2. The second-order valence-corrected chi connectivity index (χ2v) is 7.75. The third-order valence-electron chi connectivity index (χ3n) is 5.27. The number of hydrogen-bond acceptors (Lipinski definition) is 6. The van der Waals surface area contributed by atoms with Gasteiger partial charge in [0, 0.05) is 43.8 Å². The lowest BCUT2D eigenvalue weighted by Crippen LogP contribution is -2.43. The normalized spacial score (nSPS) is 15.5. The molecule has 0 atom stereocenters. The quantitative estimate of drug-likeness (QED) is 0.533. The van der Waals surface area contributed by atoms with Crippen LogP contribution in [-0.4, -0.2) is 68.1 Å². The van der Waals surface area contributed by atoms with E-state index in [2.05, 4.69) is 16.8 Å². The number of phenolic OH excluding ortho intramolecular Hbond substituents is 1. The lowest BCUT2D eigenvalue weighted by molar-refractivity contribution is 0.104. The summed E-state index contributed by atoms with van der Waals surface area (Å²) in [6, 6.07) is 8.84. The Hall–Kier alpha value is -2.54. The number of hydrogen-bond donors (Lipinski definition) is 1. The predicted molar refractivity (Wildman–Crippen MR) is 119 cm³/mol. The maximum Gasteiger partial charge on any atom is 0.193 e. The Kier molecular flexibility index (Phi) is 7.37. The van der Waals surface area contributed by atoms with Gasteiger partial charge in [-0.15, -0.1) is 0 Å². The van der Waals surface area contributed by atoms with E-state index in [1.54, 1.807) is 31.4 Å². The van der Waals surface area contributed by atoms with Gasteiger partial charge < -0.3 is 19.5 Å². The first-order valence-electron chi connectivity index (χ1n) is 9.78. The van der Waals surface area contributed by atoms with Crippen molar-refractivity contribution in [1.29, 1.82) is 0 Å². The van der Waals surface area contributed by atoms with E-state index in [9.17, 15) is 9.90 Å². The SMILES string of the molecule is COc1cc(OC)c(C(=O)/C=C/c2cccc(Cl)c2)c(O)c1CN1CCN(C)CC1. The monoisotopic (exact) mass is 430 g/mol. The number of rotatable bonds is 7. The van der Waals surface area contributed by atoms with Gasteiger partial charge in [0.2, 0.25) is 0 Å². The number of halogens is 1. The van der Waals surface area contributed by atoms with Crippen molar-refractivity contribution in [3.63, 3.8) is 0 Å². The topological polar surface area (TPSA) is 62.2 Å². The first kappa shape index (κ1) is 22.2. The third kappa shape index (κ3) is 5.14. The number of piperazine rings is 1. The highest BCUT2D eigenvalue weighted by Gasteiger charge is 2.25. The summed E-state index contributed by atoms with van der Waals surface area (Å²) in [7, 11) is 5.10. The molecule has 1 aliphatic heterocycles. The van der Waals surface area contributed by atoms with Crippen molar-refractivity contribution in [3.05, 3.63) is 58.1 Å². The number of methoxy groups -OCH3 is 2. The van der Waals surface area contributed by atoms with E-state index in [0.29, 0.717) is 22.9 Å². The summed E-state index contributed by atoms with van der Waals surface area (Å²) in [6.07, 6.45) is 3.08. The fourth-order valence-electron chi connectivity index (χ4n) is 3.49. The van der Waals surface area contributed by atoms with Crippen molar-refractivity contribution in [3.8, 4) is 17.2 Å². The van der Waals surface area contributed by atoms with Gasteiger partial charge in [-0.25, -0.2) is 0 Å². The molecule has 2 aromatic rings. The van der Waals surface area contributed by atoms with Crippen LogP contribution in [0.15, 0.2) is 36.4 Å². The molecule has 30 heavy (non-hydrogen) atoms. The van der Waals surface area contributed by atoms with Crippen LogP contribution in [0.4, 0.5) is 0 Å². The summed E-state index contributed by atoms with van der Waals surface area (Å²) in [5.74, 6) is 0.309. The summed E-state index contributed by atoms with van der Waals surface area (Å²) in [6.45, 7) is 4.15. The van der Waals surface area contributed by atoms with E-state index in [1.807, 2.05) is 12.1 Å². The van der Waals surface area contributed by atoms with Gasteiger partial charge in [0.1, 0.15) is 22.8 Å². The van der Waals surface area contributed by atoms with Gasteiger partial charge in [0.05, 0.1) is 19.8 Å². The number of likely N-dealkylation sites (N-methyl/N-ethyl adjacent to an activating group) is 1. The number of phenols is 1. The molecule has 1 aliphatic rings. The molecule has 0 unspecified atom stereocenters. The van der Waals surface area contributed by atoms with E-state index < -0.39 is 0 Å². The largest absolute Gasteiger partial charge is 0.507 e. The number of ether oxygens (including phenoxy) is 2. The average Bonchev–Trinajstić information content (AvgIpc) is 2.74. The van der Waals surface area contributed by atoms with Crippen LogP contribution in [0.5, 0.6) is 17.2 Å². The highest BCUT2D eigenvalue weighted by atomic mass is 35.5. The van der Waals surface area contributed by atoms with E-state index in [1.165, 1.54) is 13.2 Å². The zero-order chi connectivity index (χ0) is 21.7. The van der Waals surface area contributed by atoms with Crippen molar-refractivity contribution in [2.75, 3.05) is 47.4 Å². The Morgan fingerprint density at radius 2 is 1.83 bits per heavy atom. The number of ketones is 1. The van der Waals surface area contributed by atoms with Crippen LogP contribution in [0.1, 0.15) is 21.5 Å². The number of nitrogens with zero attached hydrogens (tertiary/aromatic N) is 2. The Balaban J connectivity index is 1.93. The maximum atomic E-state index is 13.0. The van der Waals surface area contributed by atoms with Crippen molar-refractivity contribution >= 4 is 23.5 Å². The Morgan fingerprint density at radius 3 is 2.47 bits per heavy atom. The first-order chi connectivity index (χ1) is 14.4. The average molecular weight is 431 g/mol. The fourth-order valence-corrected chi connectivity index (χ4v) is 3.69. The molecule has 2 aromatic carbocycles. The van der Waals surface area contributed by atoms with Crippen molar-refractivity contribution in [1.82, 2.24) is 9.80 Å². The fraction of sp³-hybridized carbons (Fsp3) is 0.348. The Labute approximate surface area is 182 Å². The molecule has 0 radical (unpaired) electrons. The molecule has 0 bridgehead atoms. The van der Waals surface area contributed by atoms with Gasteiger partial charge in [0.15, 0.2) is 5.78 Å². The van der Waals surface area contributed by atoms with Crippen molar-refractivity contribution in [2.24, 2.45) is 0 Å². The zero-order valence-corrected chi connectivity index (χ0v) is 18.3. The van der Waals surface area contributed by atoms with Gasteiger partial charge in [-0.2, -0.15) is 0 Å². The van der Waals surface area contributed by atoms with Crippen LogP contribution in [-0.2, 0) is 6.54 Å². The summed E-state index contributed by atoms with van der Waals surface area (Å²) in [5, 5.41) is 11.6. The number of benzene rings is 2. The van der Waals surface area contributed by atoms with Crippen molar-refractivity contribution in [2.45, 2.75) is 6.54 Å². The predicted octanol–water partition coefficient (Wildman–Crippen LogP) is 3.71. The van der Waals surface area contributed by atoms with Gasteiger partial charge in [0.25, 0.3) is 0 Å². The van der Waals surface area contributed by atoms with Crippen LogP contribution in [0.3, 0.4) is 0 Å². The lowest BCUT2D eigenvalue weighted by atomic mass is 10.0. The Morgan fingerprint density at radius 1 is 1.13 bits per heavy atom. The molecule has 7 heteroatoms. The standard InChI is InChI=1S/C23H27ClN2O4/c1-25-9-11-26(12-10-25)15-18-20(29-2)14-21(30-3)22(23(18)28)19(27)8-7-16-5-4-6-17(24)13-16/h4-8,13-14,28H,9-12,15H2,1-3H3/b8-7+. The smallest absolute Gasteiger partial charge is 0.193 e. The zero-order valence-electron chi connectivity index (χ0n) is 17.5. The molecule has 0 saturated carbocycles. The molecule has 0 aliphatic carbocycles. The highest BCUT2D eigenvalue weighted by molar-refractivity contribution is 6.30. The number of aromatic hydroxyl groups is 1. The maximum absolute atomic E-state index is 13.0. The Bertz CT molecular complexity index is 937. The minimum atomic E-state index is -0.355. The van der Waals surface area contributed by atoms with E-state index >= 15 is 0 Å². The molecule has 0 aromatic heterocycles. The third-order valence-corrected chi connectivity index (χ3v) is 5.50. The van der Waals surface area contributed by atoms with Crippen LogP contribution >= 0.6 is 11.6 Å². The molecule has 0 spiro atoms.